The molecule has 2 aliphatic rings. The van der Waals surface area contributed by atoms with E-state index >= 15 is 0 Å². The van der Waals surface area contributed by atoms with Crippen molar-refractivity contribution in [1.29, 1.82) is 0 Å². The molecule has 0 bridgehead atoms. The second-order valence-electron chi connectivity index (χ2n) is 13.1. The summed E-state index contributed by atoms with van der Waals surface area (Å²) in [6.07, 6.45) is 0. The molecule has 0 aromatic heterocycles. The number of carbonyl (C=O) groups excluding carboxylic acids is 2. The van der Waals surface area contributed by atoms with Crippen molar-refractivity contribution in [3.8, 4) is 5.75 Å². The van der Waals surface area contributed by atoms with Crippen LogP contribution in [0.2, 0.25) is 15.1 Å². The van der Waals surface area contributed by atoms with Gasteiger partial charge in [0.1, 0.15) is 22.5 Å². The molecule has 3 aromatic rings. The van der Waals surface area contributed by atoms with E-state index in [0.29, 0.717) is 36.2 Å². The smallest absolute Gasteiger partial charge is 0.326 e. The zero-order valence-corrected chi connectivity index (χ0v) is 31.6. The van der Waals surface area contributed by atoms with Gasteiger partial charge in [-0.2, -0.15) is 0 Å². The molecule has 2 heterocycles. The number of aliphatic imine (C=N–C) groups is 1. The Morgan fingerprint density at radius 3 is 2.04 bits per heavy atom. The summed E-state index contributed by atoms with van der Waals surface area (Å²) in [5.74, 6) is 0.401. The van der Waals surface area contributed by atoms with Crippen LogP contribution in [0.3, 0.4) is 0 Å². The van der Waals surface area contributed by atoms with Crippen LogP contribution in [0, 0.1) is 0 Å². The molecule has 1 saturated heterocycles. The Hall–Kier alpha value is -3.39. The highest BCUT2D eigenvalue weighted by atomic mass is 35.5. The van der Waals surface area contributed by atoms with Crippen LogP contribution in [0.4, 0.5) is 4.79 Å². The number of piperazine rings is 1. The third kappa shape index (κ3) is 8.55. The fourth-order valence-electron chi connectivity index (χ4n) is 6.07. The van der Waals surface area contributed by atoms with Crippen LogP contribution in [-0.2, 0) is 14.8 Å². The average molecular weight is 764 g/mol. The molecule has 3 aromatic carbocycles. The summed E-state index contributed by atoms with van der Waals surface area (Å²) in [4.78, 5) is 37.9. The number of nitrogens with zero attached hydrogens (tertiary/aromatic N) is 4. The number of nitrogens with one attached hydrogen (secondary N) is 2. The van der Waals surface area contributed by atoms with Crippen molar-refractivity contribution in [2.75, 3.05) is 46.4 Å². The molecule has 1 fully saturated rings. The zero-order valence-electron chi connectivity index (χ0n) is 28.5. The molecule has 2 aliphatic heterocycles. The third-order valence-electron chi connectivity index (χ3n) is 8.35. The first kappa shape index (κ1) is 37.9. The minimum atomic E-state index is -4.01. The van der Waals surface area contributed by atoms with Gasteiger partial charge in [-0.05, 0) is 76.2 Å². The summed E-state index contributed by atoms with van der Waals surface area (Å²) < 4.78 is 34.5. The van der Waals surface area contributed by atoms with Crippen LogP contribution < -0.4 is 14.8 Å². The zero-order chi connectivity index (χ0) is 36.4. The van der Waals surface area contributed by atoms with Crippen LogP contribution in [0.5, 0.6) is 5.75 Å². The summed E-state index contributed by atoms with van der Waals surface area (Å²) in [5, 5.41) is 4.01. The van der Waals surface area contributed by atoms with Crippen LogP contribution >= 0.6 is 34.8 Å². The lowest BCUT2D eigenvalue weighted by Gasteiger charge is -2.39. The number of rotatable bonds is 9. The largest absolute Gasteiger partial charge is 0.493 e. The topological polar surface area (TPSA) is 124 Å². The van der Waals surface area contributed by atoms with E-state index in [0.717, 1.165) is 11.1 Å². The summed E-state index contributed by atoms with van der Waals surface area (Å²) in [6, 6.07) is 15.6. The predicted octanol–water partition coefficient (Wildman–Crippen LogP) is 6.15. The number of amidine groups is 1. The first-order valence-corrected chi connectivity index (χ1v) is 18.8. The Labute approximate surface area is 308 Å². The normalized spacial score (nSPS) is 18.6. The van der Waals surface area contributed by atoms with Crippen molar-refractivity contribution in [3.63, 3.8) is 0 Å². The number of benzene rings is 3. The maximum atomic E-state index is 14.9. The minimum Gasteiger partial charge on any atom is -0.493 e. The molecule has 0 saturated carbocycles. The molecule has 0 unspecified atom stereocenters. The lowest BCUT2D eigenvalue weighted by atomic mass is 9.93. The van der Waals surface area contributed by atoms with E-state index in [-0.39, 0.29) is 57.7 Å². The van der Waals surface area contributed by atoms with Crippen molar-refractivity contribution < 1.29 is 22.7 Å². The van der Waals surface area contributed by atoms with E-state index in [9.17, 15) is 18.0 Å². The third-order valence-corrected chi connectivity index (χ3v) is 10.7. The second kappa shape index (κ2) is 15.5. The minimum absolute atomic E-state index is 0.0434. The summed E-state index contributed by atoms with van der Waals surface area (Å²) in [7, 11) is -2.72. The first-order chi connectivity index (χ1) is 23.6. The maximum Gasteiger partial charge on any atom is 0.326 e. The number of halogens is 3. The molecular formula is C35H41Cl3N6O5S. The number of carbonyl (C=O) groups is 2. The number of ether oxygens (including phenoxy) is 1. The monoisotopic (exact) mass is 762 g/mol. The van der Waals surface area contributed by atoms with Crippen molar-refractivity contribution in [2.24, 2.45) is 4.99 Å². The predicted molar refractivity (Wildman–Crippen MR) is 197 cm³/mol. The summed E-state index contributed by atoms with van der Waals surface area (Å²) >= 11 is 19.1. The molecular weight excluding hydrogens is 723 g/mol. The number of urea groups is 1. The van der Waals surface area contributed by atoms with E-state index < -0.39 is 22.1 Å². The van der Waals surface area contributed by atoms with Crippen LogP contribution in [0.1, 0.15) is 56.5 Å². The van der Waals surface area contributed by atoms with E-state index in [4.69, 9.17) is 44.5 Å². The SMILES string of the molecule is CCOc1cc(Cl)c(S(=O)(=O)NC)cc1C1=N[C@@H](c2ccc(Cl)cc2)[C@@H](c2ccc(Cl)cc2)N1C(=O)N1CCN(CC(=O)NC(C)(C)C)CC1. The molecule has 50 heavy (non-hydrogen) atoms. The lowest BCUT2D eigenvalue weighted by Crippen LogP contribution is -2.56. The van der Waals surface area contributed by atoms with Crippen molar-refractivity contribution in [2.45, 2.75) is 50.2 Å². The van der Waals surface area contributed by atoms with Crippen molar-refractivity contribution in [1.82, 2.24) is 24.7 Å². The van der Waals surface area contributed by atoms with E-state index in [1.165, 1.54) is 19.2 Å². The molecule has 268 valence electrons. The molecule has 11 nitrogen and oxygen atoms in total. The molecule has 2 atom stereocenters. The van der Waals surface area contributed by atoms with E-state index in [1.54, 1.807) is 41.0 Å². The molecule has 5 rings (SSSR count). The number of sulfonamides is 1. The van der Waals surface area contributed by atoms with Crippen LogP contribution in [0.25, 0.3) is 0 Å². The Bertz CT molecular complexity index is 1860. The second-order valence-corrected chi connectivity index (χ2v) is 16.2. The van der Waals surface area contributed by atoms with Gasteiger partial charge in [0.25, 0.3) is 0 Å². The van der Waals surface area contributed by atoms with Crippen LogP contribution in [0.15, 0.2) is 70.6 Å². The fourth-order valence-corrected chi connectivity index (χ4v) is 7.58. The van der Waals surface area contributed by atoms with Gasteiger partial charge in [0.05, 0.1) is 29.8 Å². The Kier molecular flexibility index (Phi) is 11.7. The van der Waals surface area contributed by atoms with Gasteiger partial charge in [-0.3, -0.25) is 19.6 Å². The highest BCUT2D eigenvalue weighted by Gasteiger charge is 2.45. The summed E-state index contributed by atoms with van der Waals surface area (Å²) in [5.41, 5.74) is 1.47. The van der Waals surface area contributed by atoms with Crippen LogP contribution in [-0.4, -0.2) is 92.8 Å². The molecule has 0 aliphatic carbocycles. The quantitative estimate of drug-likeness (QED) is 0.270. The first-order valence-electron chi connectivity index (χ1n) is 16.2. The van der Waals surface area contributed by atoms with E-state index in [1.807, 2.05) is 49.9 Å². The van der Waals surface area contributed by atoms with Crippen molar-refractivity contribution >= 4 is 62.6 Å². The number of amides is 3. The standard InChI is InChI=1S/C35H41Cl3N6O5S/c1-6-49-28-20-27(38)29(50(47,48)39-5)19-26(28)33-40-31(22-7-11-24(36)12-8-22)32(23-9-13-25(37)14-10-23)44(33)34(46)43-17-15-42(16-18-43)21-30(45)41-35(2,3)4/h7-14,19-20,31-32,39H,6,15-18,21H2,1-5H3,(H,41,45)/t31-,32+/m0/s1. The van der Waals surface area contributed by atoms with Gasteiger partial charge in [-0.25, -0.2) is 17.9 Å². The molecule has 2 N–H and O–H groups in total. The molecule has 0 spiro atoms. The Balaban J connectivity index is 1.62. The van der Waals surface area contributed by atoms with E-state index in [2.05, 4.69) is 10.0 Å². The molecule has 15 heteroatoms. The highest BCUT2D eigenvalue weighted by Crippen LogP contribution is 2.46. The molecule has 3 amide bonds. The Morgan fingerprint density at radius 1 is 0.920 bits per heavy atom. The highest BCUT2D eigenvalue weighted by molar-refractivity contribution is 7.89. The lowest BCUT2D eigenvalue weighted by molar-refractivity contribution is -0.124. The number of hydrogen-bond acceptors (Lipinski definition) is 7. The Morgan fingerprint density at radius 2 is 1.50 bits per heavy atom. The summed E-state index contributed by atoms with van der Waals surface area (Å²) in [6.45, 7) is 9.70. The van der Waals surface area contributed by atoms with Gasteiger partial charge < -0.3 is 15.0 Å². The molecule has 0 radical (unpaired) electrons. The maximum absolute atomic E-state index is 14.9. The average Bonchev–Trinajstić information content (AvgIpc) is 3.45. The van der Waals surface area contributed by atoms with Gasteiger partial charge in [0.2, 0.25) is 15.9 Å². The van der Waals surface area contributed by atoms with Crippen molar-refractivity contribution in [3.05, 3.63) is 92.4 Å². The van der Waals surface area contributed by atoms with Gasteiger partial charge in [0, 0.05) is 47.8 Å². The van der Waals surface area contributed by atoms with Gasteiger partial charge in [0.15, 0.2) is 0 Å². The van der Waals surface area contributed by atoms with Gasteiger partial charge in [-0.15, -0.1) is 0 Å². The number of hydrogen-bond donors (Lipinski definition) is 2. The van der Waals surface area contributed by atoms with Gasteiger partial charge in [-0.1, -0.05) is 59.1 Å². The fraction of sp³-hybridized carbons (Fsp3) is 0.400. The van der Waals surface area contributed by atoms with Gasteiger partial charge >= 0.3 is 6.03 Å².